The number of anilines is 1. The van der Waals surface area contributed by atoms with Crippen molar-refractivity contribution in [1.82, 2.24) is 20.6 Å². The van der Waals surface area contributed by atoms with Gasteiger partial charge in [-0.05, 0) is 43.8 Å². The fourth-order valence-electron chi connectivity index (χ4n) is 3.74. The number of carbonyl (C=O) groups is 3. The number of hydrogen-bond acceptors (Lipinski definition) is 4. The molecular weight excluding hydrogens is 472 g/mol. The van der Waals surface area contributed by atoms with Crippen LogP contribution in [-0.2, 0) is 16.0 Å². The predicted molar refractivity (Wildman–Crippen MR) is 96.9 cm³/mol. The van der Waals surface area contributed by atoms with E-state index in [0.29, 0.717) is 28.4 Å². The molecule has 3 atom stereocenters. The Morgan fingerprint density at radius 2 is 2.08 bits per heavy atom. The Balaban J connectivity index is 1.55. The first-order chi connectivity index (χ1) is 12.3. The Morgan fingerprint density at radius 1 is 1.31 bits per heavy atom. The second kappa shape index (κ2) is 6.23. The van der Waals surface area contributed by atoms with Crippen molar-refractivity contribution in [2.75, 3.05) is 12.3 Å². The Morgan fingerprint density at radius 3 is 2.77 bits per heavy atom. The summed E-state index contributed by atoms with van der Waals surface area (Å²) >= 11 is 6.61. The molecule has 7 N–H and O–H groups in total. The summed E-state index contributed by atoms with van der Waals surface area (Å²) in [7, 11) is 0. The number of aromatic nitrogens is 3. The molecule has 0 spiro atoms. The molecule has 1 aliphatic heterocycles. The molecule has 26 heavy (non-hydrogen) atoms. The van der Waals surface area contributed by atoms with Crippen molar-refractivity contribution in [2.24, 2.45) is 11.8 Å². The zero-order valence-corrected chi connectivity index (χ0v) is 16.5. The van der Waals surface area contributed by atoms with Gasteiger partial charge in [-0.15, -0.1) is 0 Å². The third kappa shape index (κ3) is 2.75. The highest BCUT2D eigenvalue weighted by Gasteiger charge is 2.53. The van der Waals surface area contributed by atoms with Crippen LogP contribution in [0.1, 0.15) is 27.8 Å². The van der Waals surface area contributed by atoms with Crippen LogP contribution >= 0.6 is 31.9 Å². The molecule has 0 aromatic carbocycles. The number of hydrogen-bond donors (Lipinski definition) is 5. The number of nitrogens with one attached hydrogen (secondary N) is 5. The molecule has 0 radical (unpaired) electrons. The molecule has 0 bridgehead atoms. The van der Waals surface area contributed by atoms with Crippen LogP contribution in [0.2, 0.25) is 0 Å². The maximum atomic E-state index is 12.4. The lowest BCUT2D eigenvalue weighted by molar-refractivity contribution is -0.373. The van der Waals surface area contributed by atoms with Gasteiger partial charge in [-0.25, -0.2) is 9.97 Å². The van der Waals surface area contributed by atoms with Gasteiger partial charge in [0.1, 0.15) is 23.0 Å². The minimum Gasteiger partial charge on any atom is -0.350 e. The first-order valence-electron chi connectivity index (χ1n) is 7.91. The lowest BCUT2D eigenvalue weighted by Gasteiger charge is -2.28. The highest BCUT2D eigenvalue weighted by molar-refractivity contribution is 9.13. The monoisotopic (exact) mass is 485 g/mol. The van der Waals surface area contributed by atoms with Crippen LogP contribution < -0.4 is 21.4 Å². The van der Waals surface area contributed by atoms with Crippen LogP contribution in [0, 0.1) is 11.8 Å². The molecule has 0 unspecified atom stereocenters. The van der Waals surface area contributed by atoms with Crippen LogP contribution in [-0.4, -0.2) is 34.2 Å². The van der Waals surface area contributed by atoms with Gasteiger partial charge in [0.05, 0.1) is 15.0 Å². The molecule has 0 saturated carbocycles. The van der Waals surface area contributed by atoms with Gasteiger partial charge in [0, 0.05) is 13.0 Å². The summed E-state index contributed by atoms with van der Waals surface area (Å²) in [5.41, 5.74) is 7.60. The largest absolute Gasteiger partial charge is 0.350 e. The molecule has 3 amide bonds. The van der Waals surface area contributed by atoms with Gasteiger partial charge in [-0.3, -0.25) is 25.4 Å². The molecule has 4 rings (SSSR count). The van der Waals surface area contributed by atoms with E-state index < -0.39 is 11.8 Å². The van der Waals surface area contributed by atoms with E-state index in [9.17, 15) is 14.4 Å². The van der Waals surface area contributed by atoms with Gasteiger partial charge in [-0.2, -0.15) is 0 Å². The van der Waals surface area contributed by atoms with Gasteiger partial charge >= 0.3 is 5.95 Å². The molecule has 1 aliphatic carbocycles. The van der Waals surface area contributed by atoms with Gasteiger partial charge in [0.2, 0.25) is 11.8 Å². The lowest BCUT2D eigenvalue weighted by Crippen LogP contribution is -2.41. The van der Waals surface area contributed by atoms with E-state index in [1.165, 1.54) is 0 Å². The van der Waals surface area contributed by atoms with Crippen LogP contribution in [0.25, 0.3) is 0 Å². The average molecular weight is 487 g/mol. The molecule has 11 heteroatoms. The molecule has 2 aromatic heterocycles. The van der Waals surface area contributed by atoms with Gasteiger partial charge in [-0.1, -0.05) is 0 Å². The zero-order chi connectivity index (χ0) is 18.6. The zero-order valence-electron chi connectivity index (χ0n) is 13.3. The first-order valence-corrected chi connectivity index (χ1v) is 9.50. The molecular formula is C15H15Br2N6O3+. The maximum absolute atomic E-state index is 12.4. The summed E-state index contributed by atoms with van der Waals surface area (Å²) < 4.78 is 1.41. The number of rotatable bonds is 3. The number of aromatic amines is 3. The second-order valence-corrected chi connectivity index (χ2v) is 8.08. The van der Waals surface area contributed by atoms with Crippen LogP contribution in [0.3, 0.4) is 0 Å². The fourth-order valence-corrected chi connectivity index (χ4v) is 4.39. The molecule has 3 heterocycles. The summed E-state index contributed by atoms with van der Waals surface area (Å²) in [6, 6.07) is 1.66. The SMILES string of the molecule is Nc1[nH]c2c([nH+]1)[C@@H]1C(=O)NC(=O)[C@@H]1[C@H](CNC(=O)c1cc(Br)c(Br)[nH]1)C2. The molecule has 2 aromatic rings. The first kappa shape index (κ1) is 17.3. The van der Waals surface area contributed by atoms with Crippen LogP contribution in [0.5, 0.6) is 0 Å². The van der Waals surface area contributed by atoms with Gasteiger partial charge in [0.25, 0.3) is 5.91 Å². The lowest BCUT2D eigenvalue weighted by atomic mass is 9.73. The highest BCUT2D eigenvalue weighted by Crippen LogP contribution is 2.40. The molecule has 1 saturated heterocycles. The smallest absolute Gasteiger partial charge is 0.350 e. The van der Waals surface area contributed by atoms with Crippen molar-refractivity contribution in [1.29, 1.82) is 0 Å². The van der Waals surface area contributed by atoms with Crippen molar-refractivity contribution in [2.45, 2.75) is 12.3 Å². The number of nitrogen functional groups attached to an aromatic ring is 1. The Hall–Kier alpha value is -2.14. The maximum Gasteiger partial charge on any atom is 0.350 e. The second-order valence-electron chi connectivity index (χ2n) is 6.43. The summed E-state index contributed by atoms with van der Waals surface area (Å²) in [5, 5.41) is 5.22. The number of amides is 3. The summed E-state index contributed by atoms with van der Waals surface area (Å²) in [6.45, 7) is 0.257. The normalized spacial score (nSPS) is 24.2. The molecule has 9 nitrogen and oxygen atoms in total. The summed E-state index contributed by atoms with van der Waals surface area (Å²) in [6.07, 6.45) is 0.503. The van der Waals surface area contributed by atoms with E-state index in [-0.39, 0.29) is 30.2 Å². The van der Waals surface area contributed by atoms with Crippen molar-refractivity contribution in [3.63, 3.8) is 0 Å². The molecule has 2 aliphatic rings. The highest BCUT2D eigenvalue weighted by atomic mass is 79.9. The van der Waals surface area contributed by atoms with E-state index in [0.717, 1.165) is 10.2 Å². The van der Waals surface area contributed by atoms with E-state index in [4.69, 9.17) is 5.73 Å². The number of imidazole rings is 1. The molecule has 136 valence electrons. The van der Waals surface area contributed by atoms with E-state index in [1.807, 2.05) is 0 Å². The van der Waals surface area contributed by atoms with E-state index >= 15 is 0 Å². The minimum absolute atomic E-state index is 0.226. The van der Waals surface area contributed by atoms with Crippen molar-refractivity contribution in [3.8, 4) is 0 Å². The Labute approximate surface area is 164 Å². The van der Waals surface area contributed by atoms with Crippen LogP contribution in [0.15, 0.2) is 15.1 Å². The minimum atomic E-state index is -0.615. The number of H-pyrrole nitrogens is 3. The predicted octanol–water partition coefficient (Wildman–Crippen LogP) is 0.223. The summed E-state index contributed by atoms with van der Waals surface area (Å²) in [5.74, 6) is -1.99. The summed E-state index contributed by atoms with van der Waals surface area (Å²) in [4.78, 5) is 45.7. The van der Waals surface area contributed by atoms with Gasteiger partial charge < -0.3 is 10.3 Å². The third-order valence-corrected chi connectivity index (χ3v) is 6.63. The number of nitrogens with two attached hydrogens (primary N) is 1. The van der Waals surface area contributed by atoms with Crippen molar-refractivity contribution < 1.29 is 19.4 Å². The van der Waals surface area contributed by atoms with E-state index in [1.54, 1.807) is 6.07 Å². The average Bonchev–Trinajstić information content (AvgIpc) is 3.20. The van der Waals surface area contributed by atoms with E-state index in [2.05, 4.69) is 57.4 Å². The van der Waals surface area contributed by atoms with Gasteiger partial charge in [0.15, 0.2) is 0 Å². The van der Waals surface area contributed by atoms with Crippen LogP contribution in [0.4, 0.5) is 5.95 Å². The topological polar surface area (TPSA) is 147 Å². The fraction of sp³-hybridized carbons (Fsp3) is 0.333. The Kier molecular flexibility index (Phi) is 4.14. The number of fused-ring (bicyclic) bond motifs is 3. The van der Waals surface area contributed by atoms with Crippen molar-refractivity contribution >= 4 is 55.5 Å². The standard InChI is InChI=1S/C15H14Br2N6O3/c16-5-2-7(20-11(5)17)12(24)19-3-4-1-6-10(22-15(18)21-6)9-8(4)13(25)23-14(9)26/h2,4,8-9,20H,1,3H2,(H,19,24)(H3,18,21,22)(H,23,25,26)/p+1/t4-,8+,9+/m0/s1. The number of halogens is 2. The Bertz CT molecular complexity index is 916. The quantitative estimate of drug-likeness (QED) is 0.395. The number of carbonyl (C=O) groups excluding carboxylic acids is 3. The third-order valence-electron chi connectivity index (χ3n) is 4.85. The van der Waals surface area contributed by atoms with Crippen molar-refractivity contribution in [3.05, 3.63) is 32.2 Å². The number of imide groups is 1. The molecule has 1 fully saturated rings.